The number of amides is 1. The SMILES string of the molecule is O=C(CCS(=O)(=O)c1ccc2cc(Cl)ccc2c1)[N+]1(CC2=CN3CCN=C3S2)CCCCC1. The van der Waals surface area contributed by atoms with Crippen LogP contribution in [0.1, 0.15) is 25.7 Å². The second kappa shape index (κ2) is 9.06. The van der Waals surface area contributed by atoms with E-state index < -0.39 is 9.84 Å². The number of benzene rings is 2. The molecule has 0 atom stereocenters. The van der Waals surface area contributed by atoms with E-state index in [0.29, 0.717) is 16.1 Å². The van der Waals surface area contributed by atoms with Crippen LogP contribution in [0.2, 0.25) is 5.02 Å². The molecule has 0 saturated carbocycles. The van der Waals surface area contributed by atoms with Gasteiger partial charge in [-0.25, -0.2) is 13.2 Å². The number of sulfone groups is 1. The van der Waals surface area contributed by atoms with Crippen LogP contribution in [-0.4, -0.2) is 67.4 Å². The van der Waals surface area contributed by atoms with Gasteiger partial charge in [0.2, 0.25) is 0 Å². The van der Waals surface area contributed by atoms with Crippen molar-refractivity contribution >= 4 is 55.0 Å². The van der Waals surface area contributed by atoms with E-state index in [9.17, 15) is 13.2 Å². The molecule has 1 amide bonds. The van der Waals surface area contributed by atoms with Crippen molar-refractivity contribution in [1.29, 1.82) is 0 Å². The molecule has 0 aromatic heterocycles. The third-order valence-corrected chi connectivity index (χ3v) is 9.72. The quantitative estimate of drug-likeness (QED) is 0.544. The van der Waals surface area contributed by atoms with Crippen LogP contribution >= 0.6 is 23.4 Å². The number of halogens is 1. The average molecular weight is 505 g/mol. The van der Waals surface area contributed by atoms with Crippen LogP contribution in [-0.2, 0) is 14.6 Å². The average Bonchev–Trinajstić information content (AvgIpc) is 3.39. The standard InChI is InChI=1S/C24H27ClN3O3S2/c25-20-6-4-19-15-22(7-5-18(19)14-20)33(30,31)13-8-23(29)28(11-2-1-3-12-28)17-21-16-27-10-9-26-24(27)32-21/h4-7,14-16H,1-3,8-13,17H2/q+1. The Morgan fingerprint density at radius 3 is 2.64 bits per heavy atom. The van der Waals surface area contributed by atoms with E-state index in [1.54, 1.807) is 36.0 Å². The number of likely N-dealkylation sites (tertiary alicyclic amines) is 1. The molecule has 0 radical (unpaired) electrons. The Bertz CT molecular complexity index is 1270. The van der Waals surface area contributed by atoms with Crippen LogP contribution < -0.4 is 0 Å². The lowest BCUT2D eigenvalue weighted by atomic mass is 10.1. The van der Waals surface area contributed by atoms with Gasteiger partial charge in [0, 0.05) is 17.8 Å². The first-order valence-electron chi connectivity index (χ1n) is 11.4. The normalized spacial score (nSPS) is 20.0. The second-order valence-electron chi connectivity index (χ2n) is 8.98. The third-order valence-electron chi connectivity index (χ3n) is 6.73. The summed E-state index contributed by atoms with van der Waals surface area (Å²) in [5, 5.41) is 3.35. The molecule has 3 aliphatic rings. The molecular weight excluding hydrogens is 478 g/mol. The van der Waals surface area contributed by atoms with Gasteiger partial charge in [-0.2, -0.15) is 0 Å². The summed E-state index contributed by atoms with van der Waals surface area (Å²) >= 11 is 7.69. The zero-order chi connectivity index (χ0) is 23.1. The molecule has 9 heteroatoms. The minimum Gasteiger partial charge on any atom is -0.325 e. The molecule has 5 rings (SSSR count). The van der Waals surface area contributed by atoms with Gasteiger partial charge in [-0.3, -0.25) is 9.48 Å². The van der Waals surface area contributed by atoms with Gasteiger partial charge in [0.25, 0.3) is 0 Å². The largest absolute Gasteiger partial charge is 0.325 e. The van der Waals surface area contributed by atoms with Crippen LogP contribution in [0.5, 0.6) is 0 Å². The lowest BCUT2D eigenvalue weighted by Gasteiger charge is -2.39. The fourth-order valence-electron chi connectivity index (χ4n) is 4.92. The summed E-state index contributed by atoms with van der Waals surface area (Å²) < 4.78 is 26.5. The van der Waals surface area contributed by atoms with E-state index in [1.807, 2.05) is 12.1 Å². The molecule has 3 heterocycles. The van der Waals surface area contributed by atoms with Crippen molar-refractivity contribution in [3.05, 3.63) is 52.5 Å². The maximum Gasteiger partial charge on any atom is 0.315 e. The zero-order valence-electron chi connectivity index (χ0n) is 18.4. The number of carbonyl (C=O) groups is 1. The first-order chi connectivity index (χ1) is 15.8. The van der Waals surface area contributed by atoms with Gasteiger partial charge in [-0.05, 0) is 66.1 Å². The molecule has 0 spiro atoms. The smallest absolute Gasteiger partial charge is 0.315 e. The van der Waals surface area contributed by atoms with Gasteiger partial charge in [0.1, 0.15) is 6.54 Å². The first-order valence-corrected chi connectivity index (χ1v) is 14.2. The van der Waals surface area contributed by atoms with E-state index in [4.69, 9.17) is 11.6 Å². The number of aliphatic imine (C=N–C) groups is 1. The van der Waals surface area contributed by atoms with Crippen molar-refractivity contribution in [3.8, 4) is 0 Å². The molecule has 1 fully saturated rings. The summed E-state index contributed by atoms with van der Waals surface area (Å²) in [6.07, 6.45) is 5.26. The molecule has 6 nitrogen and oxygen atoms in total. The van der Waals surface area contributed by atoms with Gasteiger partial charge < -0.3 is 4.90 Å². The van der Waals surface area contributed by atoms with Crippen molar-refractivity contribution in [2.75, 3.05) is 38.5 Å². The Labute approximate surface area is 203 Å². The molecule has 33 heavy (non-hydrogen) atoms. The molecule has 0 unspecified atom stereocenters. The van der Waals surface area contributed by atoms with Crippen molar-refractivity contribution in [1.82, 2.24) is 4.90 Å². The number of hydrogen-bond acceptors (Lipinski definition) is 6. The first kappa shape index (κ1) is 22.9. The predicted molar refractivity (Wildman–Crippen MR) is 134 cm³/mol. The van der Waals surface area contributed by atoms with Gasteiger partial charge >= 0.3 is 5.91 Å². The number of carbonyl (C=O) groups excluding carboxylic acids is 1. The summed E-state index contributed by atoms with van der Waals surface area (Å²) in [6.45, 7) is 3.91. The van der Waals surface area contributed by atoms with Crippen LogP contribution in [0.15, 0.2) is 57.4 Å². The lowest BCUT2D eigenvalue weighted by Crippen LogP contribution is -2.56. The number of thioether (sulfide) groups is 1. The zero-order valence-corrected chi connectivity index (χ0v) is 20.8. The van der Waals surface area contributed by atoms with Gasteiger partial charge in [-0.1, -0.05) is 23.7 Å². The van der Waals surface area contributed by atoms with Crippen molar-refractivity contribution in [2.24, 2.45) is 4.99 Å². The Morgan fingerprint density at radius 2 is 1.85 bits per heavy atom. The summed E-state index contributed by atoms with van der Waals surface area (Å²) in [6, 6.07) is 10.4. The highest BCUT2D eigenvalue weighted by atomic mass is 35.5. The molecule has 0 aliphatic carbocycles. The number of rotatable bonds is 6. The van der Waals surface area contributed by atoms with Crippen molar-refractivity contribution in [2.45, 2.75) is 30.6 Å². The van der Waals surface area contributed by atoms with E-state index in [1.165, 1.54) is 0 Å². The molecule has 2 aromatic rings. The van der Waals surface area contributed by atoms with Crippen LogP contribution in [0.25, 0.3) is 10.8 Å². The topological polar surface area (TPSA) is 66.8 Å². The summed E-state index contributed by atoms with van der Waals surface area (Å²) in [5.74, 6) is -0.142. The number of fused-ring (bicyclic) bond motifs is 2. The molecule has 174 valence electrons. The predicted octanol–water partition coefficient (Wildman–Crippen LogP) is 4.44. The number of amidine groups is 1. The summed E-state index contributed by atoms with van der Waals surface area (Å²) in [7, 11) is -3.57. The van der Waals surface area contributed by atoms with Crippen LogP contribution in [0, 0.1) is 0 Å². The van der Waals surface area contributed by atoms with E-state index in [-0.39, 0.29) is 23.0 Å². The molecule has 0 bridgehead atoms. The van der Waals surface area contributed by atoms with E-state index in [0.717, 1.165) is 66.3 Å². The van der Waals surface area contributed by atoms with E-state index >= 15 is 0 Å². The molecule has 0 N–H and O–H groups in total. The number of piperidine rings is 1. The highest BCUT2D eigenvalue weighted by Gasteiger charge is 2.41. The Balaban J connectivity index is 1.31. The molecule has 2 aromatic carbocycles. The van der Waals surface area contributed by atoms with Gasteiger partial charge in [-0.15, -0.1) is 0 Å². The fourth-order valence-corrected chi connectivity index (χ4v) is 7.50. The number of quaternary nitrogens is 1. The van der Waals surface area contributed by atoms with Crippen LogP contribution in [0.4, 0.5) is 0 Å². The number of hydrogen-bond donors (Lipinski definition) is 0. The van der Waals surface area contributed by atoms with Gasteiger partial charge in [0.15, 0.2) is 15.0 Å². The Kier molecular flexibility index (Phi) is 6.29. The molecular formula is C24H27ClN3O3S2+. The monoisotopic (exact) mass is 504 g/mol. The molecule has 1 saturated heterocycles. The fraction of sp³-hybridized carbons (Fsp3) is 0.417. The lowest BCUT2D eigenvalue weighted by molar-refractivity contribution is -0.854. The van der Waals surface area contributed by atoms with Crippen molar-refractivity contribution in [3.63, 3.8) is 0 Å². The number of nitrogens with zero attached hydrogens (tertiary/aromatic N) is 3. The highest BCUT2D eigenvalue weighted by Crippen LogP contribution is 2.35. The Morgan fingerprint density at radius 1 is 1.09 bits per heavy atom. The maximum absolute atomic E-state index is 13.5. The van der Waals surface area contributed by atoms with Gasteiger partial charge in [0.05, 0.1) is 41.6 Å². The Hall–Kier alpha value is -1.87. The van der Waals surface area contributed by atoms with Crippen molar-refractivity contribution < 1.29 is 17.7 Å². The third kappa shape index (κ3) is 4.71. The highest BCUT2D eigenvalue weighted by molar-refractivity contribution is 8.17. The van der Waals surface area contributed by atoms with E-state index in [2.05, 4.69) is 16.1 Å². The second-order valence-corrected chi connectivity index (χ2v) is 12.6. The minimum atomic E-state index is -3.57. The molecule has 3 aliphatic heterocycles. The minimum absolute atomic E-state index is 0.0290. The summed E-state index contributed by atoms with van der Waals surface area (Å²) in [5.41, 5.74) is 0. The summed E-state index contributed by atoms with van der Waals surface area (Å²) in [4.78, 5) is 21.6. The maximum atomic E-state index is 13.5. The van der Waals surface area contributed by atoms with Crippen LogP contribution in [0.3, 0.4) is 0 Å².